The molecule has 0 radical (unpaired) electrons. The Hall–Kier alpha value is -0.610. The third kappa shape index (κ3) is 5.50. The average Bonchev–Trinajstić information content (AvgIpc) is 2.37. The molecule has 0 saturated carbocycles. The first kappa shape index (κ1) is 14.5. The van der Waals surface area contributed by atoms with E-state index in [9.17, 15) is 4.79 Å². The summed E-state index contributed by atoms with van der Waals surface area (Å²) in [7, 11) is 0. The summed E-state index contributed by atoms with van der Waals surface area (Å²) in [6.07, 6.45) is 3.02. The molecule has 0 aliphatic carbocycles. The third-order valence-corrected chi connectivity index (χ3v) is 3.19. The zero-order valence-electron chi connectivity index (χ0n) is 11.4. The summed E-state index contributed by atoms with van der Waals surface area (Å²) < 4.78 is 0. The second kappa shape index (κ2) is 8.48. The van der Waals surface area contributed by atoms with E-state index in [2.05, 4.69) is 24.1 Å². The zero-order valence-corrected chi connectivity index (χ0v) is 11.4. The smallest absolute Gasteiger partial charge is 0.223 e. The summed E-state index contributed by atoms with van der Waals surface area (Å²) in [6.45, 7) is 11.2. The van der Waals surface area contributed by atoms with Crippen LogP contribution in [0.3, 0.4) is 0 Å². The third-order valence-electron chi connectivity index (χ3n) is 3.19. The number of piperazine rings is 1. The van der Waals surface area contributed by atoms with Crippen molar-refractivity contribution < 1.29 is 4.79 Å². The van der Waals surface area contributed by atoms with Gasteiger partial charge in [-0.25, -0.2) is 0 Å². The molecule has 100 valence electrons. The van der Waals surface area contributed by atoms with Crippen molar-refractivity contribution in [1.29, 1.82) is 0 Å². The van der Waals surface area contributed by atoms with E-state index in [0.717, 1.165) is 45.8 Å². The van der Waals surface area contributed by atoms with Crippen molar-refractivity contribution in [1.82, 2.24) is 15.1 Å². The minimum atomic E-state index is 0.323. The van der Waals surface area contributed by atoms with Crippen LogP contribution in [0.1, 0.15) is 33.1 Å². The van der Waals surface area contributed by atoms with Gasteiger partial charge in [-0.05, 0) is 25.9 Å². The van der Waals surface area contributed by atoms with Crippen LogP contribution in [0.5, 0.6) is 0 Å². The highest BCUT2D eigenvalue weighted by Gasteiger charge is 2.16. The Morgan fingerprint density at radius 1 is 1.12 bits per heavy atom. The molecule has 0 atom stereocenters. The van der Waals surface area contributed by atoms with Crippen LogP contribution in [0.15, 0.2) is 0 Å². The van der Waals surface area contributed by atoms with E-state index in [1.807, 2.05) is 4.90 Å². The molecule has 1 N–H and O–H groups in total. The molecular formula is C13H27N3O. The van der Waals surface area contributed by atoms with Gasteiger partial charge in [0.15, 0.2) is 0 Å². The SMILES string of the molecule is CCCN(CCC)CCC(=O)N1CCNCC1. The Bertz CT molecular complexity index is 209. The molecule has 1 saturated heterocycles. The number of nitrogens with one attached hydrogen (secondary N) is 1. The topological polar surface area (TPSA) is 35.6 Å². The summed E-state index contributed by atoms with van der Waals surface area (Å²) >= 11 is 0. The van der Waals surface area contributed by atoms with Gasteiger partial charge in [-0.2, -0.15) is 0 Å². The van der Waals surface area contributed by atoms with Crippen LogP contribution < -0.4 is 5.32 Å². The number of amides is 1. The lowest BCUT2D eigenvalue weighted by molar-refractivity contribution is -0.132. The van der Waals surface area contributed by atoms with Crippen molar-refractivity contribution in [2.24, 2.45) is 0 Å². The number of carbonyl (C=O) groups is 1. The van der Waals surface area contributed by atoms with Crippen molar-refractivity contribution in [2.75, 3.05) is 45.8 Å². The highest BCUT2D eigenvalue weighted by molar-refractivity contribution is 5.76. The van der Waals surface area contributed by atoms with Gasteiger partial charge in [-0.15, -0.1) is 0 Å². The largest absolute Gasteiger partial charge is 0.340 e. The van der Waals surface area contributed by atoms with Crippen molar-refractivity contribution in [3.05, 3.63) is 0 Å². The molecule has 0 aromatic carbocycles. The Morgan fingerprint density at radius 3 is 2.24 bits per heavy atom. The van der Waals surface area contributed by atoms with Crippen molar-refractivity contribution in [3.63, 3.8) is 0 Å². The molecular weight excluding hydrogens is 214 g/mol. The van der Waals surface area contributed by atoms with Crippen LogP contribution in [0.2, 0.25) is 0 Å². The summed E-state index contributed by atoms with van der Waals surface area (Å²) in [5.74, 6) is 0.323. The fourth-order valence-corrected chi connectivity index (χ4v) is 2.29. The maximum atomic E-state index is 12.0. The predicted octanol–water partition coefficient (Wildman–Crippen LogP) is 0.930. The second-order valence-electron chi connectivity index (χ2n) is 4.72. The summed E-state index contributed by atoms with van der Waals surface area (Å²) in [4.78, 5) is 16.4. The highest BCUT2D eigenvalue weighted by Crippen LogP contribution is 2.01. The van der Waals surface area contributed by atoms with Crippen molar-refractivity contribution in [3.8, 4) is 0 Å². The highest BCUT2D eigenvalue weighted by atomic mass is 16.2. The van der Waals surface area contributed by atoms with Gasteiger partial charge in [-0.1, -0.05) is 13.8 Å². The lowest BCUT2D eigenvalue weighted by Crippen LogP contribution is -2.47. The molecule has 1 rings (SSSR count). The Labute approximate surface area is 105 Å². The van der Waals surface area contributed by atoms with E-state index < -0.39 is 0 Å². The van der Waals surface area contributed by atoms with Crippen LogP contribution in [0.4, 0.5) is 0 Å². The molecule has 0 spiro atoms. The van der Waals surface area contributed by atoms with Gasteiger partial charge in [0.1, 0.15) is 0 Å². The number of carbonyl (C=O) groups excluding carboxylic acids is 1. The fourth-order valence-electron chi connectivity index (χ4n) is 2.29. The molecule has 1 fully saturated rings. The zero-order chi connectivity index (χ0) is 12.5. The van der Waals surface area contributed by atoms with Crippen LogP contribution in [-0.2, 0) is 4.79 Å². The van der Waals surface area contributed by atoms with Crippen LogP contribution in [0, 0.1) is 0 Å². The Balaban J connectivity index is 2.24. The Kier molecular flexibility index (Phi) is 7.21. The molecule has 1 heterocycles. The van der Waals surface area contributed by atoms with Gasteiger partial charge in [0.25, 0.3) is 0 Å². The second-order valence-corrected chi connectivity index (χ2v) is 4.72. The fraction of sp³-hybridized carbons (Fsp3) is 0.923. The quantitative estimate of drug-likeness (QED) is 0.720. The first-order valence-corrected chi connectivity index (χ1v) is 6.98. The van der Waals surface area contributed by atoms with E-state index in [4.69, 9.17) is 0 Å². The van der Waals surface area contributed by atoms with E-state index >= 15 is 0 Å². The molecule has 1 amide bonds. The van der Waals surface area contributed by atoms with Crippen molar-refractivity contribution in [2.45, 2.75) is 33.1 Å². The van der Waals surface area contributed by atoms with Gasteiger partial charge >= 0.3 is 0 Å². The molecule has 4 heteroatoms. The molecule has 0 unspecified atom stereocenters. The first-order chi connectivity index (χ1) is 8.27. The maximum Gasteiger partial charge on any atom is 0.223 e. The number of rotatable bonds is 7. The minimum Gasteiger partial charge on any atom is -0.340 e. The van der Waals surface area contributed by atoms with Gasteiger partial charge in [0.2, 0.25) is 5.91 Å². The Morgan fingerprint density at radius 2 is 1.71 bits per heavy atom. The van der Waals surface area contributed by atoms with Gasteiger partial charge in [0.05, 0.1) is 0 Å². The van der Waals surface area contributed by atoms with Crippen LogP contribution >= 0.6 is 0 Å². The van der Waals surface area contributed by atoms with Gasteiger partial charge in [-0.3, -0.25) is 4.79 Å². The first-order valence-electron chi connectivity index (χ1n) is 6.98. The van der Waals surface area contributed by atoms with Crippen LogP contribution in [-0.4, -0.2) is 61.5 Å². The molecule has 1 aliphatic heterocycles. The number of hydrogen-bond donors (Lipinski definition) is 1. The van der Waals surface area contributed by atoms with E-state index in [-0.39, 0.29) is 0 Å². The molecule has 17 heavy (non-hydrogen) atoms. The average molecular weight is 241 g/mol. The molecule has 0 aromatic rings. The van der Waals surface area contributed by atoms with Gasteiger partial charge in [0, 0.05) is 39.1 Å². The van der Waals surface area contributed by atoms with E-state index in [1.165, 1.54) is 12.8 Å². The molecule has 1 aliphatic rings. The lowest BCUT2D eigenvalue weighted by atomic mass is 10.2. The summed E-state index contributed by atoms with van der Waals surface area (Å²) in [5, 5.41) is 3.27. The van der Waals surface area contributed by atoms with E-state index in [0.29, 0.717) is 12.3 Å². The molecule has 4 nitrogen and oxygen atoms in total. The lowest BCUT2D eigenvalue weighted by Gasteiger charge is -2.28. The summed E-state index contributed by atoms with van der Waals surface area (Å²) in [5.41, 5.74) is 0. The normalized spacial score (nSPS) is 16.5. The minimum absolute atomic E-state index is 0.323. The van der Waals surface area contributed by atoms with E-state index in [1.54, 1.807) is 0 Å². The standard InChI is InChI=1S/C13H27N3O/c1-3-8-15(9-4-2)10-5-13(17)16-11-6-14-7-12-16/h14H,3-12H2,1-2H3. The van der Waals surface area contributed by atoms with Crippen LogP contribution in [0.25, 0.3) is 0 Å². The van der Waals surface area contributed by atoms with Crippen molar-refractivity contribution >= 4 is 5.91 Å². The number of nitrogens with zero attached hydrogens (tertiary/aromatic N) is 2. The van der Waals surface area contributed by atoms with Gasteiger partial charge < -0.3 is 15.1 Å². The predicted molar refractivity (Wildman–Crippen MR) is 71.1 cm³/mol. The molecule has 0 bridgehead atoms. The molecule has 0 aromatic heterocycles. The monoisotopic (exact) mass is 241 g/mol. The summed E-state index contributed by atoms with van der Waals surface area (Å²) in [6, 6.07) is 0. The number of hydrogen-bond acceptors (Lipinski definition) is 3. The maximum absolute atomic E-state index is 12.0.